The number of hydrogen-bond donors (Lipinski definition) is 1. The fourth-order valence-corrected chi connectivity index (χ4v) is 3.87. The number of fused-ring (bicyclic) bond motifs is 1. The smallest absolute Gasteiger partial charge is 0.238 e. The van der Waals surface area contributed by atoms with Crippen molar-refractivity contribution in [2.24, 2.45) is 4.99 Å². The average molecular weight is 432 g/mol. The van der Waals surface area contributed by atoms with E-state index in [1.165, 1.54) is 5.56 Å². The van der Waals surface area contributed by atoms with Gasteiger partial charge >= 0.3 is 0 Å². The first-order valence-corrected chi connectivity index (χ1v) is 10.8. The third-order valence-corrected chi connectivity index (χ3v) is 5.92. The Balaban J connectivity index is 1.72. The number of nitrogens with zero attached hydrogens (tertiary/aromatic N) is 2. The minimum absolute atomic E-state index is 0.0879. The quantitative estimate of drug-likeness (QED) is 0.484. The molecule has 0 bridgehead atoms. The van der Waals surface area contributed by atoms with Crippen molar-refractivity contribution >= 4 is 34.6 Å². The highest BCUT2D eigenvalue weighted by Gasteiger charge is 2.35. The number of rotatable bonds is 6. The number of amides is 1. The maximum Gasteiger partial charge on any atom is 0.238 e. The number of hydrogen-bond acceptors (Lipinski definition) is 3. The summed E-state index contributed by atoms with van der Waals surface area (Å²) in [6.07, 6.45) is 0. The molecule has 1 atom stereocenters. The summed E-state index contributed by atoms with van der Waals surface area (Å²) in [5.74, 6) is -0.573. The fourth-order valence-electron chi connectivity index (χ4n) is 3.70. The Labute approximate surface area is 188 Å². The summed E-state index contributed by atoms with van der Waals surface area (Å²) in [5, 5.41) is 3.55. The Morgan fingerprint density at radius 1 is 1.06 bits per heavy atom. The fraction of sp³-hybridized carbons (Fsp3) is 0.231. The first kappa shape index (κ1) is 21.3. The van der Waals surface area contributed by atoms with Gasteiger partial charge < -0.3 is 5.32 Å². The number of nitrogens with one attached hydrogen (secondary N) is 1. The van der Waals surface area contributed by atoms with Gasteiger partial charge in [-0.2, -0.15) is 0 Å². The SMILES string of the molecule is CC(C)N(C)Cc1ccc(N=C(c2ccccc2)C2C(=O)Nc3cc(Cl)ccc32)cc1. The van der Waals surface area contributed by atoms with Crippen LogP contribution in [-0.2, 0) is 11.3 Å². The first-order valence-electron chi connectivity index (χ1n) is 10.5. The molecule has 0 spiro atoms. The van der Waals surface area contributed by atoms with Crippen LogP contribution in [0.5, 0.6) is 0 Å². The van der Waals surface area contributed by atoms with E-state index in [1.54, 1.807) is 6.07 Å². The van der Waals surface area contributed by atoms with E-state index in [0.29, 0.717) is 11.1 Å². The molecule has 3 aromatic rings. The second-order valence-corrected chi connectivity index (χ2v) is 8.63. The second kappa shape index (κ2) is 9.04. The molecule has 4 rings (SSSR count). The molecule has 5 heteroatoms. The van der Waals surface area contributed by atoms with Gasteiger partial charge in [-0.3, -0.25) is 14.7 Å². The predicted molar refractivity (Wildman–Crippen MR) is 129 cm³/mol. The Kier molecular flexibility index (Phi) is 6.21. The molecular formula is C26H26ClN3O. The lowest BCUT2D eigenvalue weighted by atomic mass is 9.90. The molecule has 0 radical (unpaired) electrons. The largest absolute Gasteiger partial charge is 0.325 e. The lowest BCUT2D eigenvalue weighted by Gasteiger charge is -2.21. The van der Waals surface area contributed by atoms with Crippen LogP contribution in [0.1, 0.15) is 36.5 Å². The van der Waals surface area contributed by atoms with Crippen LogP contribution in [0.4, 0.5) is 11.4 Å². The van der Waals surface area contributed by atoms with Gasteiger partial charge in [0.05, 0.1) is 11.4 Å². The highest BCUT2D eigenvalue weighted by molar-refractivity contribution is 6.31. The Morgan fingerprint density at radius 3 is 2.45 bits per heavy atom. The van der Waals surface area contributed by atoms with E-state index >= 15 is 0 Å². The molecule has 1 unspecified atom stereocenters. The van der Waals surface area contributed by atoms with E-state index in [2.05, 4.69) is 43.2 Å². The van der Waals surface area contributed by atoms with Crippen molar-refractivity contribution in [2.75, 3.05) is 12.4 Å². The summed E-state index contributed by atoms with van der Waals surface area (Å²) in [5.41, 5.74) is 5.35. The molecular weight excluding hydrogens is 406 g/mol. The van der Waals surface area contributed by atoms with Gasteiger partial charge in [0.15, 0.2) is 0 Å². The highest BCUT2D eigenvalue weighted by atomic mass is 35.5. The molecule has 0 saturated heterocycles. The maximum atomic E-state index is 12.9. The maximum absolute atomic E-state index is 12.9. The molecule has 0 aliphatic carbocycles. The Bertz CT molecular complexity index is 1110. The lowest BCUT2D eigenvalue weighted by molar-refractivity contribution is -0.115. The Hall–Kier alpha value is -2.95. The minimum atomic E-state index is -0.485. The summed E-state index contributed by atoms with van der Waals surface area (Å²) >= 11 is 6.13. The average Bonchev–Trinajstić information content (AvgIpc) is 3.08. The van der Waals surface area contributed by atoms with Crippen LogP contribution >= 0.6 is 11.6 Å². The number of halogens is 1. The van der Waals surface area contributed by atoms with E-state index in [1.807, 2.05) is 54.6 Å². The first-order chi connectivity index (χ1) is 14.9. The van der Waals surface area contributed by atoms with E-state index in [4.69, 9.17) is 16.6 Å². The number of carbonyl (C=O) groups excluding carboxylic acids is 1. The molecule has 0 fully saturated rings. The van der Waals surface area contributed by atoms with Gasteiger partial charge in [0.1, 0.15) is 5.92 Å². The van der Waals surface area contributed by atoms with Gasteiger partial charge in [0, 0.05) is 23.3 Å². The Morgan fingerprint density at radius 2 is 1.77 bits per heavy atom. The van der Waals surface area contributed by atoms with Crippen LogP contribution in [-0.4, -0.2) is 29.6 Å². The highest BCUT2D eigenvalue weighted by Crippen LogP contribution is 2.37. The summed E-state index contributed by atoms with van der Waals surface area (Å²) in [4.78, 5) is 20.2. The molecule has 3 aromatic carbocycles. The zero-order valence-electron chi connectivity index (χ0n) is 18.0. The molecule has 158 valence electrons. The molecule has 4 nitrogen and oxygen atoms in total. The number of anilines is 1. The van der Waals surface area contributed by atoms with Crippen molar-refractivity contribution < 1.29 is 4.79 Å². The third kappa shape index (κ3) is 4.71. The third-order valence-electron chi connectivity index (χ3n) is 5.69. The summed E-state index contributed by atoms with van der Waals surface area (Å²) in [6.45, 7) is 5.25. The molecule has 0 saturated carbocycles. The van der Waals surface area contributed by atoms with Gasteiger partial charge in [0.2, 0.25) is 5.91 Å². The number of carbonyl (C=O) groups is 1. The van der Waals surface area contributed by atoms with Crippen LogP contribution in [0.15, 0.2) is 77.8 Å². The minimum Gasteiger partial charge on any atom is -0.325 e. The summed E-state index contributed by atoms with van der Waals surface area (Å²) < 4.78 is 0. The van der Waals surface area contributed by atoms with E-state index in [-0.39, 0.29) is 5.91 Å². The lowest BCUT2D eigenvalue weighted by Crippen LogP contribution is -2.25. The summed E-state index contributed by atoms with van der Waals surface area (Å²) in [7, 11) is 2.12. The molecule has 31 heavy (non-hydrogen) atoms. The van der Waals surface area contributed by atoms with Gasteiger partial charge in [0.25, 0.3) is 0 Å². The summed E-state index contributed by atoms with van der Waals surface area (Å²) in [6, 6.07) is 24.1. The van der Waals surface area contributed by atoms with Crippen LogP contribution in [0.25, 0.3) is 0 Å². The van der Waals surface area contributed by atoms with Crippen molar-refractivity contribution in [3.63, 3.8) is 0 Å². The van der Waals surface area contributed by atoms with Crippen LogP contribution < -0.4 is 5.32 Å². The molecule has 1 heterocycles. The van der Waals surface area contributed by atoms with Gasteiger partial charge in [-0.25, -0.2) is 0 Å². The normalized spacial score (nSPS) is 16.0. The van der Waals surface area contributed by atoms with Crippen molar-refractivity contribution in [2.45, 2.75) is 32.4 Å². The number of aliphatic imine (C=N–C) groups is 1. The zero-order valence-corrected chi connectivity index (χ0v) is 18.7. The van der Waals surface area contributed by atoms with E-state index in [0.717, 1.165) is 34.8 Å². The van der Waals surface area contributed by atoms with E-state index in [9.17, 15) is 4.79 Å². The van der Waals surface area contributed by atoms with E-state index < -0.39 is 5.92 Å². The monoisotopic (exact) mass is 431 g/mol. The molecule has 0 aromatic heterocycles. The predicted octanol–water partition coefficient (Wildman–Crippen LogP) is 6.04. The zero-order chi connectivity index (χ0) is 22.0. The second-order valence-electron chi connectivity index (χ2n) is 8.19. The van der Waals surface area contributed by atoms with Gasteiger partial charge in [-0.1, -0.05) is 60.1 Å². The van der Waals surface area contributed by atoms with Crippen molar-refractivity contribution in [3.8, 4) is 0 Å². The van der Waals surface area contributed by atoms with Gasteiger partial charge in [-0.15, -0.1) is 0 Å². The van der Waals surface area contributed by atoms with Crippen LogP contribution in [0.2, 0.25) is 5.02 Å². The van der Waals surface area contributed by atoms with Crippen LogP contribution in [0, 0.1) is 0 Å². The van der Waals surface area contributed by atoms with Crippen molar-refractivity contribution in [1.29, 1.82) is 0 Å². The van der Waals surface area contributed by atoms with Crippen molar-refractivity contribution in [3.05, 3.63) is 94.5 Å². The standard InChI is InChI=1S/C26H26ClN3O/c1-17(2)30(3)16-18-9-12-21(13-10-18)28-25(19-7-5-4-6-8-19)24-22-14-11-20(27)15-23(22)29-26(24)31/h4-15,17,24H,16H2,1-3H3,(H,29,31). The molecule has 1 aliphatic rings. The van der Waals surface area contributed by atoms with Crippen LogP contribution in [0.3, 0.4) is 0 Å². The topological polar surface area (TPSA) is 44.7 Å². The van der Waals surface area contributed by atoms with Crippen molar-refractivity contribution in [1.82, 2.24) is 4.90 Å². The number of benzene rings is 3. The van der Waals surface area contributed by atoms with Gasteiger partial charge in [-0.05, 0) is 61.9 Å². The molecule has 1 amide bonds. The molecule has 1 N–H and O–H groups in total. The molecule has 1 aliphatic heterocycles.